The summed E-state index contributed by atoms with van der Waals surface area (Å²) in [6.45, 7) is -0.280. The van der Waals surface area contributed by atoms with Crippen LogP contribution in [-0.2, 0) is 4.79 Å². The Balaban J connectivity index is 2.44. The number of hydrogen-bond donors (Lipinski definition) is 3. The molecule has 0 aliphatic heterocycles. The minimum Gasteiger partial charge on any atom is -0.465 e. The van der Waals surface area contributed by atoms with E-state index in [0.29, 0.717) is 10.7 Å². The number of carbonyl (C=O) groups is 2. The van der Waals surface area contributed by atoms with E-state index in [0.717, 1.165) is 0 Å². The summed E-state index contributed by atoms with van der Waals surface area (Å²) in [5.41, 5.74) is 0.566. The zero-order valence-electron chi connectivity index (χ0n) is 7.66. The van der Waals surface area contributed by atoms with Gasteiger partial charge in [0.1, 0.15) is 6.54 Å². The van der Waals surface area contributed by atoms with Gasteiger partial charge >= 0.3 is 6.09 Å². The van der Waals surface area contributed by atoms with Gasteiger partial charge in [-0.2, -0.15) is 0 Å². The molecule has 0 aromatic heterocycles. The summed E-state index contributed by atoms with van der Waals surface area (Å²) in [7, 11) is 0. The van der Waals surface area contributed by atoms with E-state index in [9.17, 15) is 9.59 Å². The molecule has 0 spiro atoms. The van der Waals surface area contributed by atoms with Crippen molar-refractivity contribution in [3.05, 3.63) is 29.3 Å². The monoisotopic (exact) mass is 228 g/mol. The molecule has 15 heavy (non-hydrogen) atoms. The van der Waals surface area contributed by atoms with E-state index in [1.54, 1.807) is 24.3 Å². The van der Waals surface area contributed by atoms with E-state index in [4.69, 9.17) is 16.7 Å². The topological polar surface area (TPSA) is 78.4 Å². The SMILES string of the molecule is O=C(O)NCC(=O)Nc1ccc(Cl)cc1. The van der Waals surface area contributed by atoms with Gasteiger partial charge in [-0.05, 0) is 24.3 Å². The first-order valence-electron chi connectivity index (χ1n) is 4.10. The summed E-state index contributed by atoms with van der Waals surface area (Å²) in [6.07, 6.45) is -1.23. The molecule has 1 rings (SSSR count). The maximum absolute atomic E-state index is 11.1. The average Bonchev–Trinajstić information content (AvgIpc) is 2.19. The van der Waals surface area contributed by atoms with E-state index in [2.05, 4.69) is 5.32 Å². The first-order valence-corrected chi connectivity index (χ1v) is 4.48. The van der Waals surface area contributed by atoms with Crippen LogP contribution in [0.1, 0.15) is 0 Å². The van der Waals surface area contributed by atoms with Crippen LogP contribution in [0.2, 0.25) is 5.02 Å². The van der Waals surface area contributed by atoms with Crippen molar-refractivity contribution < 1.29 is 14.7 Å². The first-order chi connectivity index (χ1) is 7.08. The average molecular weight is 229 g/mol. The van der Waals surface area contributed by atoms with Crippen molar-refractivity contribution in [1.82, 2.24) is 5.32 Å². The Hall–Kier alpha value is -1.75. The lowest BCUT2D eigenvalue weighted by molar-refractivity contribution is -0.115. The van der Waals surface area contributed by atoms with Crippen molar-refractivity contribution in [2.24, 2.45) is 0 Å². The summed E-state index contributed by atoms with van der Waals surface area (Å²) < 4.78 is 0. The lowest BCUT2D eigenvalue weighted by Crippen LogP contribution is -2.31. The highest BCUT2D eigenvalue weighted by Gasteiger charge is 2.03. The van der Waals surface area contributed by atoms with E-state index in [1.165, 1.54) is 0 Å². The summed E-state index contributed by atoms with van der Waals surface area (Å²) >= 11 is 5.65. The molecule has 0 radical (unpaired) electrons. The third kappa shape index (κ3) is 4.33. The number of carbonyl (C=O) groups excluding carboxylic acids is 1. The molecule has 0 heterocycles. The van der Waals surface area contributed by atoms with Gasteiger partial charge in [0, 0.05) is 10.7 Å². The van der Waals surface area contributed by atoms with Gasteiger partial charge in [-0.15, -0.1) is 0 Å². The molecule has 0 bridgehead atoms. The number of rotatable bonds is 3. The molecule has 0 atom stereocenters. The summed E-state index contributed by atoms with van der Waals surface area (Å²) in [6, 6.07) is 6.51. The molecular formula is C9H9ClN2O3. The quantitative estimate of drug-likeness (QED) is 0.734. The number of hydrogen-bond acceptors (Lipinski definition) is 2. The Kier molecular flexibility index (Phi) is 3.93. The normalized spacial score (nSPS) is 9.40. The Morgan fingerprint density at radius 1 is 1.27 bits per heavy atom. The van der Waals surface area contributed by atoms with Crippen molar-refractivity contribution in [3.63, 3.8) is 0 Å². The molecule has 0 aliphatic carbocycles. The maximum Gasteiger partial charge on any atom is 0.405 e. The lowest BCUT2D eigenvalue weighted by Gasteiger charge is -2.04. The van der Waals surface area contributed by atoms with Crippen molar-refractivity contribution in [2.75, 3.05) is 11.9 Å². The van der Waals surface area contributed by atoms with Crippen LogP contribution in [0.5, 0.6) is 0 Å². The zero-order valence-corrected chi connectivity index (χ0v) is 8.41. The number of carboxylic acid groups (broad SMARTS) is 1. The molecule has 80 valence electrons. The molecule has 6 heteroatoms. The number of anilines is 1. The number of amides is 2. The summed E-state index contributed by atoms with van der Waals surface area (Å²) in [5.74, 6) is -0.431. The van der Waals surface area contributed by atoms with Gasteiger partial charge in [0.15, 0.2) is 0 Å². The van der Waals surface area contributed by atoms with Gasteiger partial charge in [-0.1, -0.05) is 11.6 Å². The van der Waals surface area contributed by atoms with E-state index >= 15 is 0 Å². The van der Waals surface area contributed by atoms with E-state index in [1.807, 2.05) is 5.32 Å². The predicted octanol–water partition coefficient (Wildman–Crippen LogP) is 1.55. The van der Waals surface area contributed by atoms with E-state index in [-0.39, 0.29) is 6.54 Å². The summed E-state index contributed by atoms with van der Waals surface area (Å²) in [5, 5.41) is 13.3. The first kappa shape index (κ1) is 11.3. The minimum atomic E-state index is -1.23. The zero-order chi connectivity index (χ0) is 11.3. The second-order valence-electron chi connectivity index (χ2n) is 2.71. The fourth-order valence-electron chi connectivity index (χ4n) is 0.894. The fraction of sp³-hybridized carbons (Fsp3) is 0.111. The smallest absolute Gasteiger partial charge is 0.405 e. The molecule has 3 N–H and O–H groups in total. The molecule has 0 aliphatic rings. The molecule has 5 nitrogen and oxygen atoms in total. The largest absolute Gasteiger partial charge is 0.465 e. The van der Waals surface area contributed by atoms with Crippen molar-refractivity contribution in [1.29, 1.82) is 0 Å². The second-order valence-corrected chi connectivity index (χ2v) is 3.15. The molecule has 0 unspecified atom stereocenters. The molecule has 2 amide bonds. The fourth-order valence-corrected chi connectivity index (χ4v) is 1.02. The molecule has 0 saturated heterocycles. The molecule has 1 aromatic carbocycles. The Morgan fingerprint density at radius 3 is 2.40 bits per heavy atom. The highest BCUT2D eigenvalue weighted by Crippen LogP contribution is 2.12. The van der Waals surface area contributed by atoms with Crippen molar-refractivity contribution >= 4 is 29.3 Å². The molecule has 0 fully saturated rings. The van der Waals surface area contributed by atoms with Crippen LogP contribution in [0, 0.1) is 0 Å². The Labute approximate surface area is 91.0 Å². The van der Waals surface area contributed by atoms with Crippen LogP contribution >= 0.6 is 11.6 Å². The molecular weight excluding hydrogens is 220 g/mol. The molecule has 1 aromatic rings. The van der Waals surface area contributed by atoms with Crippen molar-refractivity contribution in [2.45, 2.75) is 0 Å². The number of halogens is 1. The van der Waals surface area contributed by atoms with Gasteiger partial charge in [0.05, 0.1) is 0 Å². The minimum absolute atomic E-state index is 0.280. The van der Waals surface area contributed by atoms with Gasteiger partial charge < -0.3 is 15.7 Å². The van der Waals surface area contributed by atoms with Crippen LogP contribution in [-0.4, -0.2) is 23.7 Å². The van der Waals surface area contributed by atoms with Gasteiger partial charge in [-0.25, -0.2) is 4.79 Å². The summed E-state index contributed by atoms with van der Waals surface area (Å²) in [4.78, 5) is 21.2. The van der Waals surface area contributed by atoms with Gasteiger partial charge in [0.25, 0.3) is 0 Å². The number of nitrogens with one attached hydrogen (secondary N) is 2. The predicted molar refractivity (Wildman–Crippen MR) is 56.1 cm³/mol. The van der Waals surface area contributed by atoms with Crippen LogP contribution in [0.25, 0.3) is 0 Å². The van der Waals surface area contributed by atoms with E-state index < -0.39 is 12.0 Å². The van der Waals surface area contributed by atoms with Gasteiger partial charge in [0.2, 0.25) is 5.91 Å². The van der Waals surface area contributed by atoms with Crippen LogP contribution in [0.3, 0.4) is 0 Å². The Morgan fingerprint density at radius 2 is 1.87 bits per heavy atom. The molecule has 0 saturated carbocycles. The number of benzene rings is 1. The maximum atomic E-state index is 11.1. The highest BCUT2D eigenvalue weighted by atomic mass is 35.5. The van der Waals surface area contributed by atoms with Crippen LogP contribution in [0.4, 0.5) is 10.5 Å². The van der Waals surface area contributed by atoms with Crippen LogP contribution < -0.4 is 10.6 Å². The van der Waals surface area contributed by atoms with Crippen LogP contribution in [0.15, 0.2) is 24.3 Å². The third-order valence-electron chi connectivity index (χ3n) is 1.53. The highest BCUT2D eigenvalue weighted by molar-refractivity contribution is 6.30. The van der Waals surface area contributed by atoms with Gasteiger partial charge in [-0.3, -0.25) is 4.79 Å². The standard InChI is InChI=1S/C9H9ClN2O3/c10-6-1-3-7(4-2-6)12-8(13)5-11-9(14)15/h1-4,11H,5H2,(H,12,13)(H,14,15). The third-order valence-corrected chi connectivity index (χ3v) is 1.78. The Bertz CT molecular complexity index is 364. The lowest BCUT2D eigenvalue weighted by atomic mass is 10.3. The second kappa shape index (κ2) is 5.21. The van der Waals surface area contributed by atoms with Crippen molar-refractivity contribution in [3.8, 4) is 0 Å².